The minimum absolute atomic E-state index is 0.0150. The van der Waals surface area contributed by atoms with E-state index in [1.807, 2.05) is 48.5 Å². The quantitative estimate of drug-likeness (QED) is 0.532. The Hall–Kier alpha value is -2.64. The van der Waals surface area contributed by atoms with E-state index in [9.17, 15) is 13.2 Å². The van der Waals surface area contributed by atoms with E-state index in [2.05, 4.69) is 5.32 Å². The summed E-state index contributed by atoms with van der Waals surface area (Å²) in [6, 6.07) is 15.3. The average Bonchev–Trinajstić information content (AvgIpc) is 2.75. The summed E-state index contributed by atoms with van der Waals surface area (Å²) < 4.78 is 32.1. The number of carbonyl (C=O) groups excluding carboxylic acids is 1. The third kappa shape index (κ3) is 5.92. The summed E-state index contributed by atoms with van der Waals surface area (Å²) in [7, 11) is -1.74. The van der Waals surface area contributed by atoms with Crippen molar-refractivity contribution in [1.82, 2.24) is 9.62 Å². The van der Waals surface area contributed by atoms with Crippen LogP contribution >= 0.6 is 0 Å². The number of amides is 1. The van der Waals surface area contributed by atoms with Crippen LogP contribution in [0.2, 0.25) is 0 Å². The smallest absolute Gasteiger partial charge is 0.243 e. The van der Waals surface area contributed by atoms with Gasteiger partial charge in [-0.05, 0) is 47.7 Å². The topological polar surface area (TPSA) is 75.7 Å². The van der Waals surface area contributed by atoms with Crippen molar-refractivity contribution in [3.8, 4) is 5.75 Å². The van der Waals surface area contributed by atoms with Crippen LogP contribution in [-0.2, 0) is 27.8 Å². The van der Waals surface area contributed by atoms with Crippen molar-refractivity contribution in [1.29, 1.82) is 0 Å². The van der Waals surface area contributed by atoms with Crippen LogP contribution in [0.4, 0.5) is 0 Å². The van der Waals surface area contributed by atoms with Crippen LogP contribution in [-0.4, -0.2) is 44.6 Å². The third-order valence-electron chi connectivity index (χ3n) is 4.89. The zero-order valence-corrected chi connectivity index (χ0v) is 17.3. The van der Waals surface area contributed by atoms with E-state index in [0.29, 0.717) is 32.5 Å². The van der Waals surface area contributed by atoms with Gasteiger partial charge >= 0.3 is 0 Å². The number of nitrogens with one attached hydrogen (secondary N) is 1. The Balaban J connectivity index is 1.45. The molecule has 7 heteroatoms. The fourth-order valence-corrected chi connectivity index (χ4v) is 4.73. The lowest BCUT2D eigenvalue weighted by Crippen LogP contribution is -2.38. The normalized spacial score (nSPS) is 14.5. The van der Waals surface area contributed by atoms with E-state index in [1.165, 1.54) is 10.4 Å². The summed E-state index contributed by atoms with van der Waals surface area (Å²) in [5, 5.41) is 2.73. The van der Waals surface area contributed by atoms with Crippen LogP contribution in [0, 0.1) is 0 Å². The molecule has 0 aromatic heterocycles. The molecule has 0 aliphatic carbocycles. The van der Waals surface area contributed by atoms with E-state index in [-0.39, 0.29) is 11.7 Å². The first-order valence-electron chi connectivity index (χ1n) is 9.62. The number of nitrogens with zero attached hydrogens (tertiary/aromatic N) is 1. The largest absolute Gasteiger partial charge is 0.497 e. The second-order valence-electron chi connectivity index (χ2n) is 6.92. The highest BCUT2D eigenvalue weighted by Gasteiger charge is 2.26. The van der Waals surface area contributed by atoms with Crippen molar-refractivity contribution in [2.24, 2.45) is 0 Å². The minimum Gasteiger partial charge on any atom is -0.497 e. The fraction of sp³-hybridized carbons (Fsp3) is 0.318. The van der Waals surface area contributed by atoms with Gasteiger partial charge in [0.2, 0.25) is 15.9 Å². The third-order valence-corrected chi connectivity index (χ3v) is 6.79. The summed E-state index contributed by atoms with van der Waals surface area (Å²) in [5.41, 5.74) is 3.08. The first kappa shape index (κ1) is 21.1. The van der Waals surface area contributed by atoms with Gasteiger partial charge in [-0.15, -0.1) is 0 Å². The van der Waals surface area contributed by atoms with Gasteiger partial charge < -0.3 is 10.1 Å². The number of hydrogen-bond donors (Lipinski definition) is 1. The lowest BCUT2D eigenvalue weighted by atomic mass is 10.0. The van der Waals surface area contributed by atoms with E-state index in [4.69, 9.17) is 4.74 Å². The number of rotatable bonds is 8. The van der Waals surface area contributed by atoms with E-state index >= 15 is 0 Å². The first-order chi connectivity index (χ1) is 14.0. The summed E-state index contributed by atoms with van der Waals surface area (Å²) in [6.45, 7) is 1.17. The lowest BCUT2D eigenvalue weighted by molar-refractivity contribution is -0.116. The molecular weight excluding hydrogens is 388 g/mol. The Morgan fingerprint density at radius 3 is 2.72 bits per heavy atom. The van der Waals surface area contributed by atoms with Gasteiger partial charge in [0.1, 0.15) is 5.75 Å². The molecule has 0 atom stereocenters. The molecule has 0 fully saturated rings. The molecule has 1 aliphatic rings. The predicted molar refractivity (Wildman–Crippen MR) is 114 cm³/mol. The highest BCUT2D eigenvalue weighted by Crippen LogP contribution is 2.25. The zero-order valence-electron chi connectivity index (χ0n) is 16.5. The number of hydrogen-bond acceptors (Lipinski definition) is 4. The SMILES string of the molecule is COc1ccc2c(c1)CCN(S(=O)(=O)CCCNC(=O)/C=C/c1ccccc1)C2. The predicted octanol–water partition coefficient (Wildman–Crippen LogP) is 2.60. The molecule has 29 heavy (non-hydrogen) atoms. The van der Waals surface area contributed by atoms with Crippen LogP contribution in [0.3, 0.4) is 0 Å². The molecule has 0 bridgehead atoms. The van der Waals surface area contributed by atoms with Crippen LogP contribution in [0.25, 0.3) is 6.08 Å². The standard InChI is InChI=1S/C22H26N2O4S/c1-28-21-10-9-20-17-24(14-12-19(20)16-21)29(26,27)15-5-13-23-22(25)11-8-18-6-3-2-4-7-18/h2-4,6-11,16H,5,12-15,17H2,1H3,(H,23,25)/b11-8+. The molecule has 0 radical (unpaired) electrons. The van der Waals surface area contributed by atoms with Crippen molar-refractivity contribution in [2.75, 3.05) is 26.0 Å². The maximum Gasteiger partial charge on any atom is 0.243 e. The molecule has 3 rings (SSSR count). The van der Waals surface area contributed by atoms with E-state index in [1.54, 1.807) is 13.2 Å². The number of fused-ring (bicyclic) bond motifs is 1. The molecule has 0 saturated carbocycles. The Morgan fingerprint density at radius 1 is 1.17 bits per heavy atom. The molecule has 0 saturated heterocycles. The summed E-state index contributed by atoms with van der Waals surface area (Å²) in [5.74, 6) is 0.575. The van der Waals surface area contributed by atoms with Crippen LogP contribution < -0.4 is 10.1 Å². The van der Waals surface area contributed by atoms with Crippen LogP contribution in [0.1, 0.15) is 23.1 Å². The Morgan fingerprint density at radius 2 is 1.97 bits per heavy atom. The van der Waals surface area contributed by atoms with Crippen molar-refractivity contribution in [2.45, 2.75) is 19.4 Å². The molecule has 0 spiro atoms. The molecule has 1 amide bonds. The first-order valence-corrected chi connectivity index (χ1v) is 11.2. The maximum atomic E-state index is 12.6. The van der Waals surface area contributed by atoms with Gasteiger partial charge in [-0.2, -0.15) is 4.31 Å². The van der Waals surface area contributed by atoms with Gasteiger partial charge in [0.25, 0.3) is 0 Å². The maximum absolute atomic E-state index is 12.6. The number of benzene rings is 2. The van der Waals surface area contributed by atoms with E-state index in [0.717, 1.165) is 22.4 Å². The molecule has 2 aromatic rings. The van der Waals surface area contributed by atoms with E-state index < -0.39 is 10.0 Å². The summed E-state index contributed by atoms with van der Waals surface area (Å²) >= 11 is 0. The molecule has 154 valence electrons. The van der Waals surface area contributed by atoms with Gasteiger partial charge in [-0.1, -0.05) is 36.4 Å². The zero-order chi connectivity index (χ0) is 20.7. The second-order valence-corrected chi connectivity index (χ2v) is 9.01. The molecule has 1 heterocycles. The molecule has 6 nitrogen and oxygen atoms in total. The molecular formula is C22H26N2O4S. The van der Waals surface area contributed by atoms with Gasteiger partial charge in [0.15, 0.2) is 0 Å². The minimum atomic E-state index is -3.36. The highest BCUT2D eigenvalue weighted by atomic mass is 32.2. The van der Waals surface area contributed by atoms with Gasteiger partial charge in [-0.3, -0.25) is 4.79 Å². The lowest BCUT2D eigenvalue weighted by Gasteiger charge is -2.28. The summed E-state index contributed by atoms with van der Waals surface area (Å²) in [6.07, 6.45) is 4.23. The van der Waals surface area contributed by atoms with Crippen LogP contribution in [0.5, 0.6) is 5.75 Å². The molecule has 0 unspecified atom stereocenters. The van der Waals surface area contributed by atoms with Gasteiger partial charge in [0.05, 0.1) is 12.9 Å². The Bertz CT molecular complexity index is 972. The van der Waals surface area contributed by atoms with Crippen molar-refractivity contribution < 1.29 is 17.9 Å². The van der Waals surface area contributed by atoms with Crippen molar-refractivity contribution >= 4 is 22.0 Å². The monoisotopic (exact) mass is 414 g/mol. The molecule has 1 N–H and O–H groups in total. The molecule has 1 aliphatic heterocycles. The average molecular weight is 415 g/mol. The fourth-order valence-electron chi connectivity index (χ4n) is 3.26. The Labute approximate surface area is 172 Å². The van der Waals surface area contributed by atoms with Gasteiger partial charge in [0, 0.05) is 25.7 Å². The number of carbonyl (C=O) groups is 1. The second kappa shape index (κ2) is 9.71. The number of sulfonamides is 1. The Kier molecular flexibility index (Phi) is 7.06. The van der Waals surface area contributed by atoms with Crippen LogP contribution in [0.15, 0.2) is 54.6 Å². The van der Waals surface area contributed by atoms with Gasteiger partial charge in [-0.25, -0.2) is 8.42 Å². The van der Waals surface area contributed by atoms with Crippen molar-refractivity contribution in [3.05, 3.63) is 71.3 Å². The molecule has 2 aromatic carbocycles. The number of methoxy groups -OCH3 is 1. The summed E-state index contributed by atoms with van der Waals surface area (Å²) in [4.78, 5) is 11.9. The number of ether oxygens (including phenoxy) is 1. The van der Waals surface area contributed by atoms with Crippen molar-refractivity contribution in [3.63, 3.8) is 0 Å². The highest BCUT2D eigenvalue weighted by molar-refractivity contribution is 7.89.